The number of fused-ring (bicyclic) bond motifs is 2. The molecule has 1 aliphatic rings. The number of hydrogen-bond acceptors (Lipinski definition) is 4. The number of para-hydroxylation sites is 1. The molecule has 0 bridgehead atoms. The molecule has 0 unspecified atom stereocenters. The minimum atomic E-state index is -0.317. The van der Waals surface area contributed by atoms with E-state index in [1.807, 2.05) is 66.7 Å². The van der Waals surface area contributed by atoms with Crippen LogP contribution in [0.25, 0.3) is 45.3 Å². The van der Waals surface area contributed by atoms with E-state index in [1.165, 1.54) is 0 Å². The van der Waals surface area contributed by atoms with Gasteiger partial charge in [-0.15, -0.1) is 0 Å². The van der Waals surface area contributed by atoms with Crippen LogP contribution in [0, 0.1) is 0 Å². The molecule has 1 aromatic heterocycles. The maximum Gasteiger partial charge on any atom is 0.164 e. The van der Waals surface area contributed by atoms with Crippen molar-refractivity contribution in [2.45, 2.75) is 19.3 Å². The molecule has 5 aromatic carbocycles. The van der Waals surface area contributed by atoms with Crippen LogP contribution in [-0.2, 0) is 5.41 Å². The minimum absolute atomic E-state index is 0.317. The predicted octanol–water partition coefficient (Wildman–Crippen LogP) is 8.97. The van der Waals surface area contributed by atoms with E-state index in [4.69, 9.17) is 19.7 Å². The molecule has 0 saturated heterocycles. The van der Waals surface area contributed by atoms with Crippen molar-refractivity contribution in [1.29, 1.82) is 0 Å². The van der Waals surface area contributed by atoms with Crippen LogP contribution >= 0.6 is 0 Å². The largest absolute Gasteiger partial charge is 0.457 e. The van der Waals surface area contributed by atoms with Gasteiger partial charge in [-0.3, -0.25) is 0 Å². The molecule has 0 fully saturated rings. The van der Waals surface area contributed by atoms with E-state index in [9.17, 15) is 0 Å². The summed E-state index contributed by atoms with van der Waals surface area (Å²) in [5, 5.41) is 0. The van der Waals surface area contributed by atoms with Gasteiger partial charge in [0.25, 0.3) is 0 Å². The molecule has 4 nitrogen and oxygen atoms in total. The van der Waals surface area contributed by atoms with Crippen molar-refractivity contribution in [3.05, 3.63) is 139 Å². The van der Waals surface area contributed by atoms with Crippen LogP contribution in [0.4, 0.5) is 0 Å². The van der Waals surface area contributed by atoms with E-state index in [-0.39, 0.29) is 5.41 Å². The summed E-state index contributed by atoms with van der Waals surface area (Å²) in [4.78, 5) is 15.2. The lowest BCUT2D eigenvalue weighted by Crippen LogP contribution is -2.25. The number of nitrogens with zero attached hydrogens (tertiary/aromatic N) is 3. The second kappa shape index (κ2) is 9.58. The van der Waals surface area contributed by atoms with Crippen molar-refractivity contribution < 1.29 is 4.74 Å². The summed E-state index contributed by atoms with van der Waals surface area (Å²) in [6, 6.07) is 43.1. The summed E-state index contributed by atoms with van der Waals surface area (Å²) in [5.41, 5.74) is 6.92. The highest BCUT2D eigenvalue weighted by Crippen LogP contribution is 2.51. The molecule has 0 aliphatic carbocycles. The van der Waals surface area contributed by atoms with Crippen molar-refractivity contribution in [2.75, 3.05) is 0 Å². The number of hydrogen-bond donors (Lipinski definition) is 0. The minimum Gasteiger partial charge on any atom is -0.457 e. The molecule has 7 rings (SSSR count). The Kier molecular flexibility index (Phi) is 5.75. The second-order valence-electron chi connectivity index (χ2n) is 10.5. The monoisotopic (exact) mass is 517 g/mol. The highest BCUT2D eigenvalue weighted by molar-refractivity contribution is 5.82. The molecule has 0 atom stereocenters. The Morgan fingerprint density at radius 3 is 1.73 bits per heavy atom. The van der Waals surface area contributed by atoms with Gasteiger partial charge in [0.1, 0.15) is 11.5 Å². The molecule has 0 saturated carbocycles. The van der Waals surface area contributed by atoms with Crippen LogP contribution in [0.15, 0.2) is 127 Å². The first kappa shape index (κ1) is 24.0. The van der Waals surface area contributed by atoms with E-state index in [2.05, 4.69) is 74.5 Å². The number of ether oxygens (including phenoxy) is 1. The first-order valence-electron chi connectivity index (χ1n) is 13.5. The standard InChI is InChI=1S/C36H27N3O/c1-36(2)29-21-11-12-22-30(29)40-31-23-13-20-28(32(31)36)35-38-33(25-16-7-4-8-17-25)37-34(39-35)27-19-10-9-18-26(27)24-14-5-3-6-15-24/h3-23H,1-2H3. The topological polar surface area (TPSA) is 47.9 Å². The van der Waals surface area contributed by atoms with Crippen LogP contribution in [0.3, 0.4) is 0 Å². The molecule has 0 amide bonds. The van der Waals surface area contributed by atoms with Gasteiger partial charge in [-0.05, 0) is 23.3 Å². The van der Waals surface area contributed by atoms with Crippen LogP contribution < -0.4 is 4.74 Å². The average molecular weight is 518 g/mol. The number of rotatable bonds is 4. The van der Waals surface area contributed by atoms with E-state index in [1.54, 1.807) is 0 Å². The van der Waals surface area contributed by atoms with Gasteiger partial charge in [0, 0.05) is 33.2 Å². The van der Waals surface area contributed by atoms with Crippen LogP contribution in [0.1, 0.15) is 25.0 Å². The Labute approximate surface area is 234 Å². The summed E-state index contributed by atoms with van der Waals surface area (Å²) in [6.45, 7) is 4.48. The summed E-state index contributed by atoms with van der Waals surface area (Å²) in [6.07, 6.45) is 0. The Bertz CT molecular complexity index is 1850. The van der Waals surface area contributed by atoms with Gasteiger partial charge in [0.15, 0.2) is 17.5 Å². The maximum absolute atomic E-state index is 6.41. The Hall–Kier alpha value is -5.09. The molecule has 40 heavy (non-hydrogen) atoms. The fourth-order valence-corrected chi connectivity index (χ4v) is 5.65. The van der Waals surface area contributed by atoms with Crippen molar-refractivity contribution in [1.82, 2.24) is 15.0 Å². The third-order valence-electron chi connectivity index (χ3n) is 7.59. The molecule has 0 radical (unpaired) electrons. The summed E-state index contributed by atoms with van der Waals surface area (Å²) < 4.78 is 6.41. The van der Waals surface area contributed by atoms with Crippen LogP contribution in [0.2, 0.25) is 0 Å². The first-order valence-corrected chi connectivity index (χ1v) is 13.5. The van der Waals surface area contributed by atoms with Crippen molar-refractivity contribution in [2.24, 2.45) is 0 Å². The normalized spacial score (nSPS) is 13.2. The average Bonchev–Trinajstić information content (AvgIpc) is 3.01. The lowest BCUT2D eigenvalue weighted by Gasteiger charge is -2.35. The summed E-state index contributed by atoms with van der Waals surface area (Å²) >= 11 is 0. The zero-order chi connectivity index (χ0) is 27.1. The summed E-state index contributed by atoms with van der Waals surface area (Å²) in [5.74, 6) is 3.61. The molecule has 2 heterocycles. The smallest absolute Gasteiger partial charge is 0.164 e. The fraction of sp³-hybridized carbons (Fsp3) is 0.0833. The van der Waals surface area contributed by atoms with Gasteiger partial charge < -0.3 is 4.74 Å². The molecule has 0 N–H and O–H groups in total. The highest BCUT2D eigenvalue weighted by Gasteiger charge is 2.37. The first-order chi connectivity index (χ1) is 19.6. The van der Waals surface area contributed by atoms with Gasteiger partial charge in [-0.2, -0.15) is 0 Å². The molecule has 1 aliphatic heterocycles. The van der Waals surface area contributed by atoms with E-state index >= 15 is 0 Å². The zero-order valence-corrected chi connectivity index (χ0v) is 22.4. The summed E-state index contributed by atoms with van der Waals surface area (Å²) in [7, 11) is 0. The fourth-order valence-electron chi connectivity index (χ4n) is 5.65. The maximum atomic E-state index is 6.41. The van der Waals surface area contributed by atoms with Gasteiger partial charge in [0.05, 0.1) is 0 Å². The van der Waals surface area contributed by atoms with Crippen molar-refractivity contribution in [3.63, 3.8) is 0 Å². The zero-order valence-electron chi connectivity index (χ0n) is 22.4. The SMILES string of the molecule is CC1(C)c2ccccc2Oc2cccc(-c3nc(-c4ccccc4)nc(-c4ccccc4-c4ccccc4)n3)c21. The lowest BCUT2D eigenvalue weighted by molar-refractivity contribution is 0.418. The predicted molar refractivity (Wildman–Crippen MR) is 160 cm³/mol. The van der Waals surface area contributed by atoms with Gasteiger partial charge in [-0.1, -0.05) is 129 Å². The lowest BCUT2D eigenvalue weighted by atomic mass is 9.73. The third kappa shape index (κ3) is 4.05. The van der Waals surface area contributed by atoms with Crippen molar-refractivity contribution in [3.8, 4) is 56.8 Å². The molecule has 6 aromatic rings. The Morgan fingerprint density at radius 1 is 0.450 bits per heavy atom. The van der Waals surface area contributed by atoms with E-state index < -0.39 is 0 Å². The molecule has 192 valence electrons. The van der Waals surface area contributed by atoms with E-state index in [0.29, 0.717) is 17.5 Å². The third-order valence-corrected chi connectivity index (χ3v) is 7.59. The van der Waals surface area contributed by atoms with Crippen LogP contribution in [0.5, 0.6) is 11.5 Å². The number of benzene rings is 5. The quantitative estimate of drug-likeness (QED) is 0.234. The molecule has 0 spiro atoms. The van der Waals surface area contributed by atoms with Gasteiger partial charge in [0.2, 0.25) is 0 Å². The Balaban J connectivity index is 1.48. The Morgan fingerprint density at radius 2 is 0.975 bits per heavy atom. The van der Waals surface area contributed by atoms with E-state index in [0.717, 1.165) is 50.4 Å². The van der Waals surface area contributed by atoms with Crippen molar-refractivity contribution >= 4 is 0 Å². The van der Waals surface area contributed by atoms with Gasteiger partial charge >= 0.3 is 0 Å². The molecular weight excluding hydrogens is 490 g/mol. The second-order valence-corrected chi connectivity index (χ2v) is 10.5. The molecule has 4 heteroatoms. The van der Waals surface area contributed by atoms with Gasteiger partial charge in [-0.25, -0.2) is 15.0 Å². The molecular formula is C36H27N3O. The highest BCUT2D eigenvalue weighted by atomic mass is 16.5. The van der Waals surface area contributed by atoms with Crippen LogP contribution in [-0.4, -0.2) is 15.0 Å². The number of aromatic nitrogens is 3.